The molecule has 1 fully saturated rings. The largest absolute Gasteiger partial charge is 0.379 e. The van der Waals surface area contributed by atoms with Crippen molar-refractivity contribution in [3.05, 3.63) is 45.1 Å². The summed E-state index contributed by atoms with van der Waals surface area (Å²) in [4.78, 5) is 22.9. The van der Waals surface area contributed by atoms with Gasteiger partial charge in [-0.15, -0.1) is 23.7 Å². The summed E-state index contributed by atoms with van der Waals surface area (Å²) in [5, 5.41) is 3.37. The molecule has 0 saturated carbocycles. The number of aryl methyl sites for hydroxylation is 1. The van der Waals surface area contributed by atoms with E-state index in [1.165, 1.54) is 22.7 Å². The first-order chi connectivity index (χ1) is 13.6. The van der Waals surface area contributed by atoms with Gasteiger partial charge in [-0.2, -0.15) is 0 Å². The van der Waals surface area contributed by atoms with Gasteiger partial charge in [0, 0.05) is 31.2 Å². The lowest BCUT2D eigenvalue weighted by Gasteiger charge is -2.27. The van der Waals surface area contributed by atoms with E-state index in [0.717, 1.165) is 65.1 Å². The number of ether oxygens (including phenoxy) is 1. The van der Waals surface area contributed by atoms with E-state index < -0.39 is 0 Å². The van der Waals surface area contributed by atoms with E-state index in [1.54, 1.807) is 0 Å². The third kappa shape index (κ3) is 5.29. The monoisotopic (exact) mass is 471 g/mol. The Labute approximate surface area is 189 Å². The molecule has 0 bridgehead atoms. The van der Waals surface area contributed by atoms with Crippen molar-refractivity contribution in [3.63, 3.8) is 0 Å². The summed E-state index contributed by atoms with van der Waals surface area (Å²) in [5.41, 5.74) is 1.95. The van der Waals surface area contributed by atoms with E-state index in [0.29, 0.717) is 11.6 Å². The molecule has 1 aliphatic heterocycles. The molecule has 3 heterocycles. The molecule has 0 N–H and O–H groups in total. The third-order valence-corrected chi connectivity index (χ3v) is 6.91. The fourth-order valence-corrected chi connectivity index (χ4v) is 5.47. The summed E-state index contributed by atoms with van der Waals surface area (Å²) in [5.74, 6) is 0.0137. The van der Waals surface area contributed by atoms with Gasteiger partial charge < -0.3 is 4.74 Å². The molecular weight excluding hydrogens is 449 g/mol. The number of hydrogen-bond acceptors (Lipinski definition) is 6. The highest BCUT2D eigenvalue weighted by Crippen LogP contribution is 2.34. The van der Waals surface area contributed by atoms with Crippen molar-refractivity contribution in [1.82, 2.24) is 9.88 Å². The molecule has 29 heavy (non-hydrogen) atoms. The Balaban J connectivity index is 0.00000240. The number of amides is 1. The highest BCUT2D eigenvalue weighted by Gasteiger charge is 2.23. The molecule has 9 heteroatoms. The number of hydrogen-bond donors (Lipinski definition) is 0. The zero-order chi connectivity index (χ0) is 19.5. The molecule has 0 unspecified atom stereocenters. The van der Waals surface area contributed by atoms with Crippen LogP contribution in [0.5, 0.6) is 0 Å². The third-order valence-electron chi connectivity index (χ3n) is 4.81. The number of morpholine rings is 1. The average molecular weight is 472 g/mol. The average Bonchev–Trinajstić information content (AvgIpc) is 3.35. The van der Waals surface area contributed by atoms with Crippen LogP contribution in [0.3, 0.4) is 0 Å². The quantitative estimate of drug-likeness (QED) is 0.500. The van der Waals surface area contributed by atoms with Crippen molar-refractivity contribution < 1.29 is 9.53 Å². The van der Waals surface area contributed by atoms with Crippen LogP contribution < -0.4 is 4.90 Å². The molecule has 5 nitrogen and oxygen atoms in total. The van der Waals surface area contributed by atoms with Crippen LogP contribution in [0.15, 0.2) is 29.6 Å². The molecule has 4 rings (SSSR count). The number of halogens is 2. The van der Waals surface area contributed by atoms with Gasteiger partial charge in [-0.3, -0.25) is 14.6 Å². The fraction of sp³-hybridized carbons (Fsp3) is 0.400. The van der Waals surface area contributed by atoms with Crippen LogP contribution in [0.4, 0.5) is 5.13 Å². The molecule has 1 aliphatic rings. The number of aromatic nitrogens is 1. The molecule has 156 valence electrons. The molecule has 0 aliphatic carbocycles. The first kappa shape index (κ1) is 22.5. The number of nitrogens with zero attached hydrogens (tertiary/aromatic N) is 3. The molecule has 1 amide bonds. The van der Waals surface area contributed by atoms with E-state index in [1.807, 2.05) is 41.5 Å². The van der Waals surface area contributed by atoms with Gasteiger partial charge in [-0.25, -0.2) is 4.98 Å². The first-order valence-corrected chi connectivity index (χ1v) is 11.4. The number of rotatable bonds is 6. The van der Waals surface area contributed by atoms with Crippen molar-refractivity contribution in [2.75, 3.05) is 44.3 Å². The van der Waals surface area contributed by atoms with Crippen molar-refractivity contribution in [1.29, 1.82) is 0 Å². The van der Waals surface area contributed by atoms with E-state index in [9.17, 15) is 4.79 Å². The van der Waals surface area contributed by atoms with Gasteiger partial charge in [0.05, 0.1) is 28.3 Å². The van der Waals surface area contributed by atoms with Crippen molar-refractivity contribution >= 4 is 67.9 Å². The minimum absolute atomic E-state index is 0. The summed E-state index contributed by atoms with van der Waals surface area (Å²) < 4.78 is 6.43. The smallest absolute Gasteiger partial charge is 0.270 e. The Morgan fingerprint density at radius 2 is 2.14 bits per heavy atom. The number of fused-ring (bicyclic) bond motifs is 1. The summed E-state index contributed by atoms with van der Waals surface area (Å²) in [7, 11) is 0. The van der Waals surface area contributed by atoms with Gasteiger partial charge in [0.2, 0.25) is 0 Å². The predicted molar refractivity (Wildman–Crippen MR) is 124 cm³/mol. The van der Waals surface area contributed by atoms with Crippen LogP contribution in [-0.4, -0.2) is 55.2 Å². The predicted octanol–water partition coefficient (Wildman–Crippen LogP) is 5.11. The van der Waals surface area contributed by atoms with Gasteiger partial charge in [-0.05, 0) is 42.5 Å². The molecule has 0 radical (unpaired) electrons. The van der Waals surface area contributed by atoms with Crippen molar-refractivity contribution in [2.24, 2.45) is 0 Å². The topological polar surface area (TPSA) is 45.7 Å². The van der Waals surface area contributed by atoms with Crippen LogP contribution in [0, 0.1) is 6.92 Å². The summed E-state index contributed by atoms with van der Waals surface area (Å²) in [6, 6.07) is 7.62. The minimum Gasteiger partial charge on any atom is -0.379 e. The fourth-order valence-electron chi connectivity index (χ4n) is 3.35. The molecule has 3 aromatic rings. The lowest BCUT2D eigenvalue weighted by Crippen LogP contribution is -2.39. The maximum absolute atomic E-state index is 13.2. The van der Waals surface area contributed by atoms with Crippen LogP contribution >= 0.6 is 46.7 Å². The molecule has 1 aromatic carbocycles. The van der Waals surface area contributed by atoms with E-state index in [2.05, 4.69) is 4.90 Å². The lowest BCUT2D eigenvalue weighted by atomic mass is 10.2. The van der Waals surface area contributed by atoms with E-state index in [4.69, 9.17) is 21.3 Å². The maximum atomic E-state index is 13.2. The lowest BCUT2D eigenvalue weighted by molar-refractivity contribution is 0.0376. The number of carbonyl (C=O) groups excluding carboxylic acids is 1. The molecule has 0 atom stereocenters. The number of thiophene rings is 1. The molecule has 1 saturated heterocycles. The van der Waals surface area contributed by atoms with Gasteiger partial charge >= 0.3 is 0 Å². The van der Waals surface area contributed by atoms with Gasteiger partial charge in [0.15, 0.2) is 5.13 Å². The Morgan fingerprint density at radius 1 is 1.34 bits per heavy atom. The minimum atomic E-state index is 0. The number of carbonyl (C=O) groups is 1. The Bertz CT molecular complexity index is 956. The zero-order valence-electron chi connectivity index (χ0n) is 16.1. The highest BCUT2D eigenvalue weighted by atomic mass is 35.5. The molecule has 2 aromatic heterocycles. The van der Waals surface area contributed by atoms with Crippen LogP contribution in [0.25, 0.3) is 10.2 Å². The highest BCUT2D eigenvalue weighted by molar-refractivity contribution is 7.22. The van der Waals surface area contributed by atoms with Crippen molar-refractivity contribution in [3.8, 4) is 0 Å². The SMILES string of the molecule is Cc1cc(Cl)cc2sc(N(CCCN3CCOCC3)C(=O)c3cccs3)nc12.Cl. The normalized spacial score (nSPS) is 14.7. The van der Waals surface area contributed by atoms with Crippen LogP contribution in [0.2, 0.25) is 5.02 Å². The number of anilines is 1. The van der Waals surface area contributed by atoms with E-state index >= 15 is 0 Å². The number of thiazole rings is 1. The summed E-state index contributed by atoms with van der Waals surface area (Å²) in [6.07, 6.45) is 0.896. The number of benzene rings is 1. The summed E-state index contributed by atoms with van der Waals surface area (Å²) >= 11 is 9.20. The molecular formula is C20H23Cl2N3O2S2. The Morgan fingerprint density at radius 3 is 2.86 bits per heavy atom. The Kier molecular flexibility index (Phi) is 7.90. The van der Waals surface area contributed by atoms with Crippen LogP contribution in [-0.2, 0) is 4.74 Å². The van der Waals surface area contributed by atoms with Crippen LogP contribution in [0.1, 0.15) is 21.7 Å². The van der Waals surface area contributed by atoms with Gasteiger partial charge in [0.25, 0.3) is 5.91 Å². The zero-order valence-corrected chi connectivity index (χ0v) is 19.3. The standard InChI is InChI=1S/C20H22ClN3O2S2.ClH/c1-14-12-15(21)13-17-18(14)22-20(28-17)24(19(25)16-4-2-11-27-16)6-3-5-23-7-9-26-10-8-23;/h2,4,11-13H,3,5-10H2,1H3;1H. The van der Waals surface area contributed by atoms with Gasteiger partial charge in [-0.1, -0.05) is 29.0 Å². The second kappa shape index (κ2) is 10.2. The van der Waals surface area contributed by atoms with E-state index in [-0.39, 0.29) is 18.3 Å². The maximum Gasteiger partial charge on any atom is 0.270 e. The molecule has 0 spiro atoms. The van der Waals surface area contributed by atoms with Gasteiger partial charge in [0.1, 0.15) is 0 Å². The second-order valence-electron chi connectivity index (χ2n) is 6.81. The second-order valence-corrected chi connectivity index (χ2v) is 9.20. The summed E-state index contributed by atoms with van der Waals surface area (Å²) in [6.45, 7) is 7.08. The Hall–Kier alpha value is -1.22. The first-order valence-electron chi connectivity index (χ1n) is 9.34. The van der Waals surface area contributed by atoms with Crippen molar-refractivity contribution in [2.45, 2.75) is 13.3 Å².